The van der Waals surface area contributed by atoms with Crippen LogP contribution in [0.4, 0.5) is 5.69 Å². The molecule has 0 unspecified atom stereocenters. The molecule has 1 aromatic carbocycles. The fraction of sp³-hybridized carbons (Fsp3) is 0.263. The summed E-state index contributed by atoms with van der Waals surface area (Å²) < 4.78 is 0. The molecule has 0 aliphatic carbocycles. The van der Waals surface area contributed by atoms with Gasteiger partial charge >= 0.3 is 0 Å². The molecule has 4 rings (SSSR count). The van der Waals surface area contributed by atoms with Gasteiger partial charge in [0.2, 0.25) is 0 Å². The Morgan fingerprint density at radius 2 is 2.00 bits per heavy atom. The Morgan fingerprint density at radius 1 is 1.16 bits per heavy atom. The number of hydrogen-bond acceptors (Lipinski definition) is 5. The first-order valence-corrected chi connectivity index (χ1v) is 10.1. The minimum atomic E-state index is -0.0588. The lowest BCUT2D eigenvalue weighted by atomic mass is 10.1. The van der Waals surface area contributed by atoms with E-state index in [1.54, 1.807) is 17.5 Å². The Morgan fingerprint density at radius 3 is 2.80 bits per heavy atom. The summed E-state index contributed by atoms with van der Waals surface area (Å²) in [4.78, 5) is 21.0. The van der Waals surface area contributed by atoms with Gasteiger partial charge in [-0.1, -0.05) is 24.3 Å². The van der Waals surface area contributed by atoms with Crippen LogP contribution in [0.25, 0.3) is 9.88 Å². The van der Waals surface area contributed by atoms with Gasteiger partial charge in [0.1, 0.15) is 9.88 Å². The Labute approximate surface area is 155 Å². The Kier molecular flexibility index (Phi) is 4.81. The summed E-state index contributed by atoms with van der Waals surface area (Å²) in [5, 5.41) is 5.97. The first-order valence-electron chi connectivity index (χ1n) is 8.42. The van der Waals surface area contributed by atoms with Crippen molar-refractivity contribution in [3.8, 4) is 9.88 Å². The molecule has 1 fully saturated rings. The minimum Gasteiger partial charge on any atom is -0.371 e. The zero-order chi connectivity index (χ0) is 17.1. The number of thiophene rings is 1. The maximum Gasteiger partial charge on any atom is 0.263 e. The van der Waals surface area contributed by atoms with Crippen LogP contribution in [0, 0.1) is 0 Å². The first-order chi connectivity index (χ1) is 12.3. The van der Waals surface area contributed by atoms with E-state index in [-0.39, 0.29) is 5.91 Å². The molecule has 1 saturated heterocycles. The highest BCUT2D eigenvalue weighted by Gasteiger charge is 2.16. The number of hydrogen-bond donors (Lipinski definition) is 1. The number of amides is 1. The van der Waals surface area contributed by atoms with Crippen molar-refractivity contribution >= 4 is 34.3 Å². The summed E-state index contributed by atoms with van der Waals surface area (Å²) in [6, 6.07) is 12.4. The van der Waals surface area contributed by atoms with Gasteiger partial charge in [0.25, 0.3) is 5.91 Å². The molecule has 3 heterocycles. The summed E-state index contributed by atoms with van der Waals surface area (Å²) in [6.07, 6.45) is 4.15. The third kappa shape index (κ3) is 3.60. The van der Waals surface area contributed by atoms with Gasteiger partial charge in [0, 0.05) is 25.3 Å². The topological polar surface area (TPSA) is 45.2 Å². The maximum absolute atomic E-state index is 12.5. The molecule has 1 amide bonds. The van der Waals surface area contributed by atoms with E-state index < -0.39 is 0 Å². The summed E-state index contributed by atoms with van der Waals surface area (Å²) in [7, 11) is 0. The highest BCUT2D eigenvalue weighted by Crippen LogP contribution is 2.29. The summed E-state index contributed by atoms with van der Waals surface area (Å²) in [5.41, 5.74) is 2.41. The number of aromatic nitrogens is 1. The van der Waals surface area contributed by atoms with Crippen LogP contribution in [-0.4, -0.2) is 24.0 Å². The van der Waals surface area contributed by atoms with Gasteiger partial charge in [0.15, 0.2) is 0 Å². The molecule has 0 radical (unpaired) electrons. The van der Waals surface area contributed by atoms with E-state index in [0.29, 0.717) is 11.4 Å². The van der Waals surface area contributed by atoms with Gasteiger partial charge in [0.05, 0.1) is 11.1 Å². The van der Waals surface area contributed by atoms with Crippen LogP contribution in [-0.2, 0) is 6.54 Å². The molecule has 0 saturated carbocycles. The molecule has 0 atom stereocenters. The van der Waals surface area contributed by atoms with E-state index >= 15 is 0 Å². The number of rotatable bonds is 5. The van der Waals surface area contributed by atoms with Gasteiger partial charge in [-0.2, -0.15) is 0 Å². The molecule has 2 aromatic heterocycles. The number of nitrogens with zero attached hydrogens (tertiary/aromatic N) is 2. The number of carbonyl (C=O) groups is 1. The molecule has 25 heavy (non-hydrogen) atoms. The second-order valence-corrected chi connectivity index (χ2v) is 7.99. The van der Waals surface area contributed by atoms with Gasteiger partial charge in [-0.3, -0.25) is 4.79 Å². The van der Waals surface area contributed by atoms with Gasteiger partial charge in [-0.25, -0.2) is 4.98 Å². The molecule has 1 N–H and O–H groups in total. The fourth-order valence-corrected chi connectivity index (χ4v) is 4.72. The van der Waals surface area contributed by atoms with Crippen molar-refractivity contribution in [2.45, 2.75) is 19.4 Å². The predicted octanol–water partition coefficient (Wildman–Crippen LogP) is 4.40. The van der Waals surface area contributed by atoms with Crippen molar-refractivity contribution in [2.24, 2.45) is 0 Å². The van der Waals surface area contributed by atoms with E-state index in [9.17, 15) is 4.79 Å². The van der Waals surface area contributed by atoms with Crippen LogP contribution in [0.1, 0.15) is 28.1 Å². The molecule has 0 spiro atoms. The van der Waals surface area contributed by atoms with Gasteiger partial charge in [-0.15, -0.1) is 22.7 Å². The molecule has 0 bridgehead atoms. The molecule has 1 aliphatic heterocycles. The van der Waals surface area contributed by atoms with Crippen LogP contribution in [0.5, 0.6) is 0 Å². The van der Waals surface area contributed by atoms with E-state index in [2.05, 4.69) is 33.4 Å². The van der Waals surface area contributed by atoms with Crippen molar-refractivity contribution in [1.82, 2.24) is 10.3 Å². The number of benzene rings is 1. The van der Waals surface area contributed by atoms with Crippen LogP contribution in [0.3, 0.4) is 0 Å². The Bertz CT molecular complexity index is 851. The summed E-state index contributed by atoms with van der Waals surface area (Å²) in [6.45, 7) is 2.74. The highest BCUT2D eigenvalue weighted by atomic mass is 32.1. The molecule has 6 heteroatoms. The van der Waals surface area contributed by atoms with Crippen molar-refractivity contribution in [1.29, 1.82) is 0 Å². The second kappa shape index (κ2) is 7.37. The zero-order valence-corrected chi connectivity index (χ0v) is 15.4. The average molecular weight is 370 g/mol. The number of thiazole rings is 1. The lowest BCUT2D eigenvalue weighted by Gasteiger charge is -2.21. The average Bonchev–Trinajstić information content (AvgIpc) is 3.41. The van der Waals surface area contributed by atoms with Crippen molar-refractivity contribution in [2.75, 3.05) is 18.0 Å². The Balaban J connectivity index is 1.44. The van der Waals surface area contributed by atoms with Crippen molar-refractivity contribution in [3.63, 3.8) is 0 Å². The van der Waals surface area contributed by atoms with Crippen LogP contribution < -0.4 is 10.2 Å². The molecular formula is C19H19N3OS2. The van der Waals surface area contributed by atoms with Gasteiger partial charge < -0.3 is 10.2 Å². The normalized spacial score (nSPS) is 14.0. The standard InChI is InChI=1S/C19H19N3OS2/c23-18(17-13-21-19(25-17)16-8-5-11-24-16)20-12-14-6-1-2-7-15(14)22-9-3-4-10-22/h1-2,5-8,11,13H,3-4,9-10,12H2,(H,20,23). The van der Waals surface area contributed by atoms with E-state index in [1.807, 2.05) is 23.6 Å². The van der Waals surface area contributed by atoms with Crippen LogP contribution in [0.2, 0.25) is 0 Å². The molecule has 3 aromatic rings. The number of carbonyl (C=O) groups excluding carboxylic acids is 1. The SMILES string of the molecule is O=C(NCc1ccccc1N1CCCC1)c1cnc(-c2cccs2)s1. The molecular weight excluding hydrogens is 350 g/mol. The van der Waals surface area contributed by atoms with Crippen LogP contribution in [0.15, 0.2) is 48.0 Å². The highest BCUT2D eigenvalue weighted by molar-refractivity contribution is 7.21. The summed E-state index contributed by atoms with van der Waals surface area (Å²) >= 11 is 3.08. The zero-order valence-electron chi connectivity index (χ0n) is 13.8. The van der Waals surface area contributed by atoms with Crippen molar-refractivity contribution < 1.29 is 4.79 Å². The lowest BCUT2D eigenvalue weighted by Crippen LogP contribution is -2.25. The summed E-state index contributed by atoms with van der Waals surface area (Å²) in [5.74, 6) is -0.0588. The predicted molar refractivity (Wildman–Crippen MR) is 104 cm³/mol. The Hall–Kier alpha value is -2.18. The van der Waals surface area contributed by atoms with E-state index in [1.165, 1.54) is 35.4 Å². The van der Waals surface area contributed by atoms with E-state index in [4.69, 9.17) is 0 Å². The quantitative estimate of drug-likeness (QED) is 0.725. The number of anilines is 1. The monoisotopic (exact) mass is 369 g/mol. The van der Waals surface area contributed by atoms with Crippen LogP contribution >= 0.6 is 22.7 Å². The molecule has 1 aliphatic rings. The fourth-order valence-electron chi connectivity index (χ4n) is 3.08. The third-order valence-corrected chi connectivity index (χ3v) is 6.37. The minimum absolute atomic E-state index is 0.0588. The second-order valence-electron chi connectivity index (χ2n) is 6.01. The smallest absolute Gasteiger partial charge is 0.263 e. The molecule has 4 nitrogen and oxygen atoms in total. The van der Waals surface area contributed by atoms with Crippen molar-refractivity contribution in [3.05, 3.63) is 58.4 Å². The van der Waals surface area contributed by atoms with E-state index in [0.717, 1.165) is 23.0 Å². The maximum atomic E-state index is 12.5. The largest absolute Gasteiger partial charge is 0.371 e. The number of para-hydroxylation sites is 1. The lowest BCUT2D eigenvalue weighted by molar-refractivity contribution is 0.0955. The third-order valence-electron chi connectivity index (χ3n) is 4.34. The van der Waals surface area contributed by atoms with Gasteiger partial charge in [-0.05, 0) is 35.9 Å². The molecule has 128 valence electrons. The number of nitrogens with one attached hydrogen (secondary N) is 1. The first kappa shape index (κ1) is 16.3.